The fourth-order valence-electron chi connectivity index (χ4n) is 3.95. The SMILES string of the molecule is O=S(=O)(CCC1Cc2ccccc2C1)N1CCCC(O)(C(F)(F)F)CC1. The molecule has 1 aliphatic carbocycles. The highest BCUT2D eigenvalue weighted by Crippen LogP contribution is 2.38. The van der Waals surface area contributed by atoms with Gasteiger partial charge in [-0.3, -0.25) is 0 Å². The molecule has 146 valence electrons. The van der Waals surface area contributed by atoms with Crippen molar-refractivity contribution in [1.29, 1.82) is 0 Å². The molecule has 0 bridgehead atoms. The minimum atomic E-state index is -4.73. The van der Waals surface area contributed by atoms with Crippen LogP contribution in [0.1, 0.15) is 36.8 Å². The Bertz CT molecular complexity index is 725. The lowest BCUT2D eigenvalue weighted by atomic mass is 9.94. The van der Waals surface area contributed by atoms with E-state index in [0.29, 0.717) is 6.42 Å². The van der Waals surface area contributed by atoms with Crippen LogP contribution < -0.4 is 0 Å². The first-order valence-electron chi connectivity index (χ1n) is 8.94. The molecule has 1 aliphatic heterocycles. The molecule has 1 atom stereocenters. The molecule has 1 aromatic rings. The van der Waals surface area contributed by atoms with E-state index in [0.717, 1.165) is 17.1 Å². The van der Waals surface area contributed by atoms with Crippen molar-refractivity contribution in [3.05, 3.63) is 35.4 Å². The minimum Gasteiger partial charge on any atom is -0.380 e. The number of fused-ring (bicyclic) bond motifs is 1. The van der Waals surface area contributed by atoms with Crippen LogP contribution in [0.3, 0.4) is 0 Å². The molecule has 3 rings (SSSR count). The monoisotopic (exact) mass is 391 g/mol. The lowest BCUT2D eigenvalue weighted by Gasteiger charge is -2.29. The zero-order valence-corrected chi connectivity index (χ0v) is 15.3. The van der Waals surface area contributed by atoms with Crippen LogP contribution >= 0.6 is 0 Å². The molecule has 0 spiro atoms. The van der Waals surface area contributed by atoms with E-state index in [1.165, 1.54) is 11.1 Å². The number of hydrogen-bond acceptors (Lipinski definition) is 3. The number of benzene rings is 1. The van der Waals surface area contributed by atoms with Gasteiger partial charge in [0, 0.05) is 13.1 Å². The average Bonchev–Trinajstić information content (AvgIpc) is 2.86. The number of rotatable bonds is 4. The first-order chi connectivity index (χ1) is 12.1. The highest BCUT2D eigenvalue weighted by atomic mass is 32.2. The van der Waals surface area contributed by atoms with Gasteiger partial charge in [0.15, 0.2) is 5.60 Å². The molecule has 0 saturated carbocycles. The Labute approximate surface area is 152 Å². The normalized spacial score (nSPS) is 25.8. The zero-order valence-electron chi connectivity index (χ0n) is 14.5. The van der Waals surface area contributed by atoms with E-state index in [9.17, 15) is 26.7 Å². The van der Waals surface area contributed by atoms with Crippen molar-refractivity contribution in [3.63, 3.8) is 0 Å². The Morgan fingerprint density at radius 3 is 2.31 bits per heavy atom. The molecule has 4 nitrogen and oxygen atoms in total. The molecule has 1 fully saturated rings. The van der Waals surface area contributed by atoms with Gasteiger partial charge >= 0.3 is 6.18 Å². The summed E-state index contributed by atoms with van der Waals surface area (Å²) in [7, 11) is -3.62. The summed E-state index contributed by atoms with van der Waals surface area (Å²) in [5.41, 5.74) is -0.287. The second-order valence-corrected chi connectivity index (χ2v) is 9.52. The summed E-state index contributed by atoms with van der Waals surface area (Å²) in [5, 5.41) is 9.83. The van der Waals surface area contributed by atoms with Gasteiger partial charge in [0.2, 0.25) is 10.0 Å². The Hall–Kier alpha value is -1.12. The zero-order chi connectivity index (χ0) is 19.0. The van der Waals surface area contributed by atoms with Crippen molar-refractivity contribution < 1.29 is 26.7 Å². The average molecular weight is 391 g/mol. The van der Waals surface area contributed by atoms with E-state index < -0.39 is 34.6 Å². The molecule has 2 aliphatic rings. The molecule has 1 N–H and O–H groups in total. The van der Waals surface area contributed by atoms with E-state index in [1.54, 1.807) is 0 Å². The van der Waals surface area contributed by atoms with Crippen molar-refractivity contribution in [2.45, 2.75) is 50.3 Å². The van der Waals surface area contributed by atoms with Crippen LogP contribution in [0.4, 0.5) is 13.2 Å². The summed E-state index contributed by atoms with van der Waals surface area (Å²) in [4.78, 5) is 0. The summed E-state index contributed by atoms with van der Waals surface area (Å²) in [5.74, 6) is 0.192. The maximum absolute atomic E-state index is 13.0. The summed E-state index contributed by atoms with van der Waals surface area (Å²) >= 11 is 0. The smallest absolute Gasteiger partial charge is 0.380 e. The fourth-order valence-corrected chi connectivity index (χ4v) is 5.62. The van der Waals surface area contributed by atoms with E-state index in [2.05, 4.69) is 12.1 Å². The van der Waals surface area contributed by atoms with Crippen LogP contribution in [0.5, 0.6) is 0 Å². The highest BCUT2D eigenvalue weighted by molar-refractivity contribution is 7.89. The molecule has 1 heterocycles. The van der Waals surface area contributed by atoms with Crippen LogP contribution in [0.15, 0.2) is 24.3 Å². The van der Waals surface area contributed by atoms with E-state index in [1.807, 2.05) is 12.1 Å². The molecular weight excluding hydrogens is 367 g/mol. The molecule has 0 aromatic heterocycles. The number of sulfonamides is 1. The Morgan fingerprint density at radius 1 is 1.12 bits per heavy atom. The van der Waals surface area contributed by atoms with Gasteiger partial charge in [-0.2, -0.15) is 13.2 Å². The standard InChI is InChI=1S/C18H24F3NO3S/c19-18(20,21)17(23)7-3-9-22(10-8-17)26(24,25)11-6-14-12-15-4-1-2-5-16(15)13-14/h1-2,4-5,14,23H,3,6-13H2. The summed E-state index contributed by atoms with van der Waals surface area (Å²) in [6, 6.07) is 8.04. The van der Waals surface area contributed by atoms with Gasteiger partial charge < -0.3 is 5.11 Å². The summed E-state index contributed by atoms with van der Waals surface area (Å²) < 4.78 is 65.3. The van der Waals surface area contributed by atoms with E-state index in [4.69, 9.17) is 0 Å². The minimum absolute atomic E-state index is 0.00408. The van der Waals surface area contributed by atoms with E-state index in [-0.39, 0.29) is 31.2 Å². The fraction of sp³-hybridized carbons (Fsp3) is 0.667. The maximum atomic E-state index is 13.0. The molecule has 1 saturated heterocycles. The summed E-state index contributed by atoms with van der Waals surface area (Å²) in [6.45, 7) is -0.255. The van der Waals surface area contributed by atoms with Gasteiger partial charge in [0.25, 0.3) is 0 Å². The number of hydrogen-bond donors (Lipinski definition) is 1. The predicted molar refractivity (Wildman–Crippen MR) is 92.2 cm³/mol. The second-order valence-electron chi connectivity index (χ2n) is 7.43. The molecule has 8 heteroatoms. The largest absolute Gasteiger partial charge is 0.417 e. The highest BCUT2D eigenvalue weighted by Gasteiger charge is 2.54. The van der Waals surface area contributed by atoms with Crippen LogP contribution in [0.2, 0.25) is 0 Å². The lowest BCUT2D eigenvalue weighted by Crippen LogP contribution is -2.46. The van der Waals surface area contributed by atoms with Gasteiger partial charge in [0.1, 0.15) is 0 Å². The van der Waals surface area contributed by atoms with Crippen LogP contribution in [0.25, 0.3) is 0 Å². The van der Waals surface area contributed by atoms with Gasteiger partial charge in [-0.05, 0) is 55.6 Å². The van der Waals surface area contributed by atoms with E-state index >= 15 is 0 Å². The Morgan fingerprint density at radius 2 is 1.73 bits per heavy atom. The predicted octanol–water partition coefficient (Wildman–Crippen LogP) is 2.90. The Balaban J connectivity index is 1.57. The first-order valence-corrected chi connectivity index (χ1v) is 10.6. The van der Waals surface area contributed by atoms with Crippen molar-refractivity contribution in [3.8, 4) is 0 Å². The summed E-state index contributed by atoms with van der Waals surface area (Å²) in [6.07, 6.45) is -3.60. The van der Waals surface area contributed by atoms with Crippen molar-refractivity contribution in [2.75, 3.05) is 18.8 Å². The number of aliphatic hydroxyl groups is 1. The van der Waals surface area contributed by atoms with Gasteiger partial charge in [-0.15, -0.1) is 0 Å². The van der Waals surface area contributed by atoms with Crippen molar-refractivity contribution in [1.82, 2.24) is 4.31 Å². The molecular formula is C18H24F3NO3S. The molecule has 26 heavy (non-hydrogen) atoms. The molecule has 1 unspecified atom stereocenters. The first kappa shape index (κ1) is 19.6. The number of alkyl halides is 3. The maximum Gasteiger partial charge on any atom is 0.417 e. The van der Waals surface area contributed by atoms with Crippen LogP contribution in [-0.2, 0) is 22.9 Å². The van der Waals surface area contributed by atoms with Crippen LogP contribution in [-0.4, -0.2) is 48.4 Å². The molecule has 0 amide bonds. The van der Waals surface area contributed by atoms with Gasteiger partial charge in [-0.25, -0.2) is 12.7 Å². The third kappa shape index (κ3) is 4.07. The number of nitrogens with zero attached hydrogens (tertiary/aromatic N) is 1. The topological polar surface area (TPSA) is 57.6 Å². The quantitative estimate of drug-likeness (QED) is 0.859. The van der Waals surface area contributed by atoms with Gasteiger partial charge in [0.05, 0.1) is 5.75 Å². The van der Waals surface area contributed by atoms with Crippen molar-refractivity contribution >= 4 is 10.0 Å². The third-order valence-corrected chi connectivity index (χ3v) is 7.52. The molecule has 1 aromatic carbocycles. The Kier molecular flexibility index (Phi) is 5.38. The lowest BCUT2D eigenvalue weighted by molar-refractivity contribution is -0.263. The van der Waals surface area contributed by atoms with Crippen molar-refractivity contribution in [2.24, 2.45) is 5.92 Å². The third-order valence-electron chi connectivity index (χ3n) is 5.61. The van der Waals surface area contributed by atoms with Gasteiger partial charge in [-0.1, -0.05) is 24.3 Å². The molecule has 0 radical (unpaired) electrons. The second kappa shape index (κ2) is 7.13. The number of halogens is 3. The van der Waals surface area contributed by atoms with Crippen LogP contribution in [0, 0.1) is 5.92 Å².